The summed E-state index contributed by atoms with van der Waals surface area (Å²) in [6.45, 7) is 2.85. The molecule has 0 aliphatic carbocycles. The predicted octanol–water partition coefficient (Wildman–Crippen LogP) is 2.37. The normalized spacial score (nSPS) is 20.0. The summed E-state index contributed by atoms with van der Waals surface area (Å²) in [5.41, 5.74) is 0. The van der Waals surface area contributed by atoms with Gasteiger partial charge in [-0.25, -0.2) is 0 Å². The zero-order valence-electron chi connectivity index (χ0n) is 11.5. The molecule has 2 heterocycles. The SMILES string of the molecule is O=C(NCCCN1CCCCC1CO)c1sccc1Cl. The zero-order valence-corrected chi connectivity index (χ0v) is 13.1. The number of nitrogens with one attached hydrogen (secondary N) is 1. The van der Waals surface area contributed by atoms with Crippen LogP contribution in [0.5, 0.6) is 0 Å². The minimum absolute atomic E-state index is 0.0950. The van der Waals surface area contributed by atoms with Crippen LogP contribution in [0.3, 0.4) is 0 Å². The van der Waals surface area contributed by atoms with Gasteiger partial charge in [0.2, 0.25) is 0 Å². The Hall–Kier alpha value is -0.620. The van der Waals surface area contributed by atoms with Gasteiger partial charge in [-0.1, -0.05) is 18.0 Å². The monoisotopic (exact) mass is 316 g/mol. The van der Waals surface area contributed by atoms with Crippen LogP contribution < -0.4 is 5.32 Å². The number of aliphatic hydroxyl groups is 1. The molecule has 1 amide bonds. The molecule has 6 heteroatoms. The van der Waals surface area contributed by atoms with E-state index in [4.69, 9.17) is 11.6 Å². The van der Waals surface area contributed by atoms with Crippen LogP contribution in [-0.2, 0) is 0 Å². The molecular weight excluding hydrogens is 296 g/mol. The Balaban J connectivity index is 1.68. The Bertz CT molecular complexity index is 439. The van der Waals surface area contributed by atoms with E-state index in [0.29, 0.717) is 22.5 Å². The molecule has 1 unspecified atom stereocenters. The Morgan fingerprint density at radius 3 is 3.10 bits per heavy atom. The maximum absolute atomic E-state index is 11.9. The highest BCUT2D eigenvalue weighted by molar-refractivity contribution is 7.12. The Morgan fingerprint density at radius 2 is 2.40 bits per heavy atom. The van der Waals surface area contributed by atoms with E-state index in [-0.39, 0.29) is 12.5 Å². The molecule has 20 heavy (non-hydrogen) atoms. The lowest BCUT2D eigenvalue weighted by atomic mass is 10.0. The molecule has 1 saturated heterocycles. The Labute approximate surface area is 128 Å². The molecule has 0 spiro atoms. The molecule has 0 aromatic carbocycles. The lowest BCUT2D eigenvalue weighted by molar-refractivity contribution is 0.0869. The molecule has 0 radical (unpaired) electrons. The fourth-order valence-electron chi connectivity index (χ4n) is 2.58. The molecule has 2 N–H and O–H groups in total. The first-order valence-electron chi connectivity index (χ1n) is 7.08. The minimum atomic E-state index is -0.0950. The first-order chi connectivity index (χ1) is 9.72. The second-order valence-electron chi connectivity index (χ2n) is 5.08. The predicted molar refractivity (Wildman–Crippen MR) is 82.6 cm³/mol. The number of nitrogens with zero attached hydrogens (tertiary/aromatic N) is 1. The molecule has 1 aliphatic heterocycles. The molecular formula is C14H21ClN2O2S. The third kappa shape index (κ3) is 4.19. The van der Waals surface area contributed by atoms with Gasteiger partial charge in [0.15, 0.2) is 0 Å². The van der Waals surface area contributed by atoms with Crippen molar-refractivity contribution in [1.29, 1.82) is 0 Å². The highest BCUT2D eigenvalue weighted by Gasteiger charge is 2.20. The summed E-state index contributed by atoms with van der Waals surface area (Å²) in [5, 5.41) is 14.6. The number of carbonyl (C=O) groups is 1. The number of rotatable bonds is 6. The number of piperidine rings is 1. The van der Waals surface area contributed by atoms with Crippen LogP contribution in [-0.4, -0.2) is 48.2 Å². The first-order valence-corrected chi connectivity index (χ1v) is 8.34. The maximum atomic E-state index is 11.9. The van der Waals surface area contributed by atoms with Gasteiger partial charge in [0.1, 0.15) is 4.88 Å². The molecule has 1 atom stereocenters. The molecule has 1 aromatic rings. The third-order valence-corrected chi connectivity index (χ3v) is 5.03. The van der Waals surface area contributed by atoms with Crippen molar-refractivity contribution in [2.45, 2.75) is 31.7 Å². The van der Waals surface area contributed by atoms with E-state index >= 15 is 0 Å². The van der Waals surface area contributed by atoms with E-state index in [9.17, 15) is 9.90 Å². The van der Waals surface area contributed by atoms with Gasteiger partial charge in [-0.2, -0.15) is 0 Å². The van der Waals surface area contributed by atoms with Crippen molar-refractivity contribution in [3.05, 3.63) is 21.3 Å². The van der Waals surface area contributed by atoms with Crippen LogP contribution in [0.15, 0.2) is 11.4 Å². The number of likely N-dealkylation sites (tertiary alicyclic amines) is 1. The largest absolute Gasteiger partial charge is 0.395 e. The summed E-state index contributed by atoms with van der Waals surface area (Å²) in [4.78, 5) is 14.8. The molecule has 0 bridgehead atoms. The van der Waals surface area contributed by atoms with Gasteiger partial charge in [0.25, 0.3) is 5.91 Å². The average Bonchev–Trinajstić information content (AvgIpc) is 2.90. The number of hydrogen-bond donors (Lipinski definition) is 2. The molecule has 1 fully saturated rings. The highest BCUT2D eigenvalue weighted by Crippen LogP contribution is 2.21. The summed E-state index contributed by atoms with van der Waals surface area (Å²) >= 11 is 7.28. The topological polar surface area (TPSA) is 52.6 Å². The number of aliphatic hydroxyl groups excluding tert-OH is 1. The Morgan fingerprint density at radius 1 is 1.55 bits per heavy atom. The minimum Gasteiger partial charge on any atom is -0.395 e. The van der Waals surface area contributed by atoms with Gasteiger partial charge in [-0.15, -0.1) is 11.3 Å². The van der Waals surface area contributed by atoms with E-state index in [2.05, 4.69) is 10.2 Å². The van der Waals surface area contributed by atoms with Crippen LogP contribution in [0.4, 0.5) is 0 Å². The lowest BCUT2D eigenvalue weighted by Crippen LogP contribution is -2.43. The summed E-state index contributed by atoms with van der Waals surface area (Å²) in [6, 6.07) is 2.03. The van der Waals surface area contributed by atoms with Crippen molar-refractivity contribution in [1.82, 2.24) is 10.2 Å². The van der Waals surface area contributed by atoms with Gasteiger partial charge in [-0.3, -0.25) is 9.69 Å². The number of halogens is 1. The first kappa shape index (κ1) is 15.8. The van der Waals surface area contributed by atoms with Gasteiger partial charge < -0.3 is 10.4 Å². The molecule has 112 valence electrons. The van der Waals surface area contributed by atoms with E-state index in [0.717, 1.165) is 25.9 Å². The van der Waals surface area contributed by atoms with E-state index in [1.165, 1.54) is 24.2 Å². The summed E-state index contributed by atoms with van der Waals surface area (Å²) in [5.74, 6) is -0.0950. The summed E-state index contributed by atoms with van der Waals surface area (Å²) < 4.78 is 0. The van der Waals surface area contributed by atoms with Crippen LogP contribution in [0, 0.1) is 0 Å². The van der Waals surface area contributed by atoms with Crippen LogP contribution in [0.1, 0.15) is 35.4 Å². The molecule has 4 nitrogen and oxygen atoms in total. The second kappa shape index (κ2) is 7.98. The van der Waals surface area contributed by atoms with Crippen molar-refractivity contribution >= 4 is 28.8 Å². The van der Waals surface area contributed by atoms with Gasteiger partial charge in [0, 0.05) is 19.1 Å². The fraction of sp³-hybridized carbons (Fsp3) is 0.643. The van der Waals surface area contributed by atoms with Crippen molar-refractivity contribution in [3.8, 4) is 0 Å². The van der Waals surface area contributed by atoms with Crippen molar-refractivity contribution < 1.29 is 9.90 Å². The van der Waals surface area contributed by atoms with Crippen LogP contribution in [0.25, 0.3) is 0 Å². The smallest absolute Gasteiger partial charge is 0.262 e. The second-order valence-corrected chi connectivity index (χ2v) is 6.40. The number of carbonyl (C=O) groups excluding carboxylic acids is 1. The summed E-state index contributed by atoms with van der Waals surface area (Å²) in [6.07, 6.45) is 4.38. The van der Waals surface area contributed by atoms with Crippen molar-refractivity contribution in [2.24, 2.45) is 0 Å². The van der Waals surface area contributed by atoms with Crippen molar-refractivity contribution in [3.63, 3.8) is 0 Å². The zero-order chi connectivity index (χ0) is 14.4. The van der Waals surface area contributed by atoms with Gasteiger partial charge >= 0.3 is 0 Å². The number of amides is 1. The number of hydrogen-bond acceptors (Lipinski definition) is 4. The van der Waals surface area contributed by atoms with E-state index in [1.807, 2.05) is 5.38 Å². The lowest BCUT2D eigenvalue weighted by Gasteiger charge is -2.34. The number of thiophene rings is 1. The third-order valence-electron chi connectivity index (χ3n) is 3.69. The standard InChI is InChI=1S/C14H21ClN2O2S/c15-12-5-9-20-13(12)14(19)16-6-3-8-17-7-2-1-4-11(17)10-18/h5,9,11,18H,1-4,6-8,10H2,(H,16,19). The van der Waals surface area contributed by atoms with E-state index in [1.54, 1.807) is 6.07 Å². The molecule has 1 aliphatic rings. The summed E-state index contributed by atoms with van der Waals surface area (Å²) in [7, 11) is 0. The quantitative estimate of drug-likeness (QED) is 0.792. The van der Waals surface area contributed by atoms with Crippen LogP contribution >= 0.6 is 22.9 Å². The highest BCUT2D eigenvalue weighted by atomic mass is 35.5. The van der Waals surface area contributed by atoms with Crippen molar-refractivity contribution in [2.75, 3.05) is 26.2 Å². The van der Waals surface area contributed by atoms with Crippen LogP contribution in [0.2, 0.25) is 5.02 Å². The molecule has 0 saturated carbocycles. The van der Waals surface area contributed by atoms with E-state index < -0.39 is 0 Å². The van der Waals surface area contributed by atoms with Gasteiger partial charge in [-0.05, 0) is 37.3 Å². The van der Waals surface area contributed by atoms with Gasteiger partial charge in [0.05, 0.1) is 11.6 Å². The maximum Gasteiger partial charge on any atom is 0.262 e. The Kier molecular flexibility index (Phi) is 6.29. The molecule has 1 aromatic heterocycles. The fourth-order valence-corrected chi connectivity index (χ4v) is 3.64. The molecule has 2 rings (SSSR count). The average molecular weight is 317 g/mol.